The van der Waals surface area contributed by atoms with E-state index in [1.807, 2.05) is 18.2 Å². The Labute approximate surface area is 89.3 Å². The molecule has 1 aliphatic heterocycles. The molecule has 0 aromatic heterocycles. The number of aliphatic hydroxyl groups excluding tert-OH is 1. The molecule has 2 rings (SSSR count). The molecule has 15 heavy (non-hydrogen) atoms. The molecule has 0 fully saturated rings. The quantitative estimate of drug-likeness (QED) is 0.723. The van der Waals surface area contributed by atoms with E-state index in [1.54, 1.807) is 0 Å². The summed E-state index contributed by atoms with van der Waals surface area (Å²) in [5.74, 6) is 0.883. The van der Waals surface area contributed by atoms with Crippen molar-refractivity contribution < 1.29 is 9.84 Å². The SMILES string of the molecule is Nc1ccc2c(c1)N(CCCO)CCO2. The Morgan fingerprint density at radius 3 is 3.13 bits per heavy atom. The van der Waals surface area contributed by atoms with Crippen LogP contribution in [0.5, 0.6) is 5.75 Å². The molecular weight excluding hydrogens is 192 g/mol. The Morgan fingerprint density at radius 2 is 2.33 bits per heavy atom. The average Bonchev–Trinajstić information content (AvgIpc) is 2.26. The lowest BCUT2D eigenvalue weighted by Gasteiger charge is -2.31. The maximum absolute atomic E-state index is 8.82. The maximum Gasteiger partial charge on any atom is 0.142 e. The smallest absolute Gasteiger partial charge is 0.142 e. The Hall–Kier alpha value is -1.42. The van der Waals surface area contributed by atoms with Gasteiger partial charge in [-0.15, -0.1) is 0 Å². The molecule has 4 heteroatoms. The monoisotopic (exact) mass is 208 g/mol. The molecule has 0 unspecified atom stereocenters. The first-order valence-electron chi connectivity index (χ1n) is 5.19. The third kappa shape index (κ3) is 2.15. The molecule has 0 amide bonds. The summed E-state index contributed by atoms with van der Waals surface area (Å²) < 4.78 is 5.53. The van der Waals surface area contributed by atoms with Crippen LogP contribution >= 0.6 is 0 Å². The van der Waals surface area contributed by atoms with E-state index in [1.165, 1.54) is 0 Å². The molecule has 1 aromatic carbocycles. The lowest BCUT2D eigenvalue weighted by molar-refractivity contribution is 0.279. The van der Waals surface area contributed by atoms with Crippen molar-refractivity contribution >= 4 is 11.4 Å². The molecule has 0 saturated heterocycles. The molecule has 1 aromatic rings. The normalized spacial score (nSPS) is 14.6. The van der Waals surface area contributed by atoms with Gasteiger partial charge in [0.2, 0.25) is 0 Å². The van der Waals surface area contributed by atoms with E-state index >= 15 is 0 Å². The highest BCUT2D eigenvalue weighted by Crippen LogP contribution is 2.33. The van der Waals surface area contributed by atoms with Crippen molar-refractivity contribution in [2.45, 2.75) is 6.42 Å². The van der Waals surface area contributed by atoms with Crippen LogP contribution in [0.4, 0.5) is 11.4 Å². The van der Waals surface area contributed by atoms with Crippen LogP contribution in [-0.4, -0.2) is 31.4 Å². The summed E-state index contributed by atoms with van der Waals surface area (Å²) in [6.07, 6.45) is 0.772. The summed E-state index contributed by atoms with van der Waals surface area (Å²) in [6, 6.07) is 5.66. The van der Waals surface area contributed by atoms with Gasteiger partial charge in [0, 0.05) is 18.8 Å². The molecule has 82 valence electrons. The van der Waals surface area contributed by atoms with Gasteiger partial charge in [-0.1, -0.05) is 0 Å². The van der Waals surface area contributed by atoms with Gasteiger partial charge in [-0.3, -0.25) is 0 Å². The number of rotatable bonds is 3. The van der Waals surface area contributed by atoms with Gasteiger partial charge in [-0.25, -0.2) is 0 Å². The minimum atomic E-state index is 0.217. The Kier molecular flexibility index (Phi) is 2.97. The van der Waals surface area contributed by atoms with Crippen LogP contribution in [0.1, 0.15) is 6.42 Å². The van der Waals surface area contributed by atoms with Crippen molar-refractivity contribution in [3.05, 3.63) is 18.2 Å². The molecule has 3 N–H and O–H groups in total. The van der Waals surface area contributed by atoms with E-state index in [4.69, 9.17) is 15.6 Å². The third-order valence-electron chi connectivity index (χ3n) is 2.53. The minimum absolute atomic E-state index is 0.217. The maximum atomic E-state index is 8.82. The zero-order valence-electron chi connectivity index (χ0n) is 8.65. The fourth-order valence-corrected chi connectivity index (χ4v) is 1.78. The Bertz CT molecular complexity index is 341. The first-order valence-corrected chi connectivity index (χ1v) is 5.19. The van der Waals surface area contributed by atoms with Crippen LogP contribution in [0.2, 0.25) is 0 Å². The van der Waals surface area contributed by atoms with Crippen molar-refractivity contribution in [3.63, 3.8) is 0 Å². The number of aliphatic hydroxyl groups is 1. The van der Waals surface area contributed by atoms with E-state index in [0.29, 0.717) is 6.61 Å². The summed E-state index contributed by atoms with van der Waals surface area (Å²) in [5, 5.41) is 8.82. The molecule has 0 radical (unpaired) electrons. The lowest BCUT2D eigenvalue weighted by atomic mass is 10.2. The van der Waals surface area contributed by atoms with Gasteiger partial charge in [-0.2, -0.15) is 0 Å². The topological polar surface area (TPSA) is 58.7 Å². The van der Waals surface area contributed by atoms with Crippen LogP contribution in [0.3, 0.4) is 0 Å². The molecule has 1 heterocycles. The number of anilines is 2. The highest BCUT2D eigenvalue weighted by Gasteiger charge is 2.17. The van der Waals surface area contributed by atoms with Crippen LogP contribution < -0.4 is 15.4 Å². The van der Waals surface area contributed by atoms with Gasteiger partial charge in [0.25, 0.3) is 0 Å². The molecule has 4 nitrogen and oxygen atoms in total. The van der Waals surface area contributed by atoms with Crippen molar-refractivity contribution in [3.8, 4) is 5.75 Å². The van der Waals surface area contributed by atoms with E-state index in [-0.39, 0.29) is 6.61 Å². The van der Waals surface area contributed by atoms with Crippen molar-refractivity contribution in [1.29, 1.82) is 0 Å². The first-order chi connectivity index (χ1) is 7.31. The summed E-state index contributed by atoms with van der Waals surface area (Å²) >= 11 is 0. The summed E-state index contributed by atoms with van der Waals surface area (Å²) in [7, 11) is 0. The van der Waals surface area contributed by atoms with Crippen molar-refractivity contribution in [2.75, 3.05) is 36.9 Å². The summed E-state index contributed by atoms with van der Waals surface area (Å²) in [4.78, 5) is 2.20. The van der Waals surface area contributed by atoms with Crippen molar-refractivity contribution in [1.82, 2.24) is 0 Å². The number of nitrogen functional groups attached to an aromatic ring is 1. The summed E-state index contributed by atoms with van der Waals surface area (Å²) in [5.41, 5.74) is 7.52. The highest BCUT2D eigenvalue weighted by atomic mass is 16.5. The number of nitrogens with two attached hydrogens (primary N) is 1. The molecule has 0 saturated carbocycles. The number of ether oxygens (including phenoxy) is 1. The second-order valence-electron chi connectivity index (χ2n) is 3.64. The van der Waals surface area contributed by atoms with Gasteiger partial charge >= 0.3 is 0 Å². The Morgan fingerprint density at radius 1 is 1.47 bits per heavy atom. The van der Waals surface area contributed by atoms with Gasteiger partial charge in [0.15, 0.2) is 0 Å². The minimum Gasteiger partial charge on any atom is -0.490 e. The highest BCUT2D eigenvalue weighted by molar-refractivity contribution is 5.65. The number of hydrogen-bond donors (Lipinski definition) is 2. The standard InChI is InChI=1S/C11H16N2O2/c12-9-2-3-11-10(8-9)13(4-1-6-14)5-7-15-11/h2-3,8,14H,1,4-7,12H2. The second kappa shape index (κ2) is 4.40. The zero-order valence-corrected chi connectivity index (χ0v) is 8.65. The fourth-order valence-electron chi connectivity index (χ4n) is 1.78. The molecule has 0 atom stereocenters. The van der Waals surface area contributed by atoms with Crippen LogP contribution in [-0.2, 0) is 0 Å². The second-order valence-corrected chi connectivity index (χ2v) is 3.64. The molecule has 0 aliphatic carbocycles. The molecule has 0 bridgehead atoms. The van der Waals surface area contributed by atoms with Crippen LogP contribution in [0.25, 0.3) is 0 Å². The van der Waals surface area contributed by atoms with Gasteiger partial charge < -0.3 is 20.5 Å². The third-order valence-corrected chi connectivity index (χ3v) is 2.53. The van der Waals surface area contributed by atoms with E-state index in [2.05, 4.69) is 4.90 Å². The predicted molar refractivity (Wildman–Crippen MR) is 60.3 cm³/mol. The van der Waals surface area contributed by atoms with E-state index < -0.39 is 0 Å². The number of nitrogens with zero attached hydrogens (tertiary/aromatic N) is 1. The molecular formula is C11H16N2O2. The molecule has 1 aliphatic rings. The Balaban J connectivity index is 2.20. The van der Waals surface area contributed by atoms with E-state index in [0.717, 1.165) is 36.6 Å². The zero-order chi connectivity index (χ0) is 10.7. The predicted octanol–water partition coefficient (Wildman–Crippen LogP) is 0.850. The van der Waals surface area contributed by atoms with Crippen molar-refractivity contribution in [2.24, 2.45) is 0 Å². The largest absolute Gasteiger partial charge is 0.490 e. The number of benzene rings is 1. The first kappa shape index (κ1) is 10.1. The fraction of sp³-hybridized carbons (Fsp3) is 0.455. The lowest BCUT2D eigenvalue weighted by Crippen LogP contribution is -2.33. The van der Waals surface area contributed by atoms with Gasteiger partial charge in [0.1, 0.15) is 12.4 Å². The van der Waals surface area contributed by atoms with Crippen LogP contribution in [0, 0.1) is 0 Å². The number of hydrogen-bond acceptors (Lipinski definition) is 4. The number of fused-ring (bicyclic) bond motifs is 1. The molecule has 0 spiro atoms. The van der Waals surface area contributed by atoms with E-state index in [9.17, 15) is 0 Å². The van der Waals surface area contributed by atoms with Gasteiger partial charge in [-0.05, 0) is 24.6 Å². The van der Waals surface area contributed by atoms with Gasteiger partial charge in [0.05, 0.1) is 12.2 Å². The van der Waals surface area contributed by atoms with Crippen LogP contribution in [0.15, 0.2) is 18.2 Å². The average molecular weight is 208 g/mol. The summed E-state index contributed by atoms with van der Waals surface area (Å²) in [6.45, 7) is 2.62.